The van der Waals surface area contributed by atoms with Gasteiger partial charge in [-0.2, -0.15) is 10.2 Å². The minimum Gasteiger partial charge on any atom is -0.293 e. The number of aryl methyl sites for hydroxylation is 2. The van der Waals surface area contributed by atoms with Crippen LogP contribution in [0.4, 0.5) is 0 Å². The topological polar surface area (TPSA) is 78.0 Å². The highest BCUT2D eigenvalue weighted by molar-refractivity contribution is 7.12. The fraction of sp³-hybridized carbons (Fsp3) is 0.240. The molecule has 0 radical (unpaired) electrons. The van der Waals surface area contributed by atoms with Gasteiger partial charge in [-0.1, -0.05) is 12.1 Å². The van der Waals surface area contributed by atoms with Gasteiger partial charge in [-0.15, -0.1) is 11.3 Å². The molecule has 0 amide bonds. The lowest BCUT2D eigenvalue weighted by Gasteiger charge is -2.16. The van der Waals surface area contributed by atoms with Gasteiger partial charge in [-0.25, -0.2) is 9.67 Å². The number of carbonyl (C=O) groups is 1. The number of thiophene rings is 1. The number of hydrogen-bond acceptors (Lipinski definition) is 6. The monoisotopic (exact) mass is 456 g/mol. The second-order valence-corrected chi connectivity index (χ2v) is 9.01. The summed E-state index contributed by atoms with van der Waals surface area (Å²) in [7, 11) is 0. The zero-order chi connectivity index (χ0) is 22.8. The van der Waals surface area contributed by atoms with E-state index in [1.54, 1.807) is 6.20 Å². The Morgan fingerprint density at radius 1 is 1.12 bits per heavy atom. The average Bonchev–Trinajstić information content (AvgIpc) is 3.56. The molecule has 0 atom stereocenters. The highest BCUT2D eigenvalue weighted by Crippen LogP contribution is 2.32. The number of aromatic nitrogens is 5. The summed E-state index contributed by atoms with van der Waals surface area (Å²) in [6, 6.07) is 13.7. The Kier molecular flexibility index (Phi) is 5.83. The van der Waals surface area contributed by atoms with Crippen molar-refractivity contribution in [2.45, 2.75) is 39.7 Å². The van der Waals surface area contributed by atoms with E-state index in [0.29, 0.717) is 6.54 Å². The number of allylic oxidation sites excluding steroid dienone is 2. The Hall–Kier alpha value is -3.65. The van der Waals surface area contributed by atoms with Gasteiger partial charge in [-0.05, 0) is 62.4 Å². The van der Waals surface area contributed by atoms with E-state index >= 15 is 0 Å². The Balaban J connectivity index is 1.57. The molecule has 5 rings (SSSR count). The SMILES string of the molecule is Cc1cc(C)n(Cc2cc(C3=C(CC(=O)c4cccs4)N=CCC3)n(-c3ccccn3)n2)n1. The predicted molar refractivity (Wildman–Crippen MR) is 130 cm³/mol. The number of aliphatic imine (C=N–C) groups is 1. The van der Waals surface area contributed by atoms with Crippen LogP contribution in [0.15, 0.2) is 64.7 Å². The number of hydrogen-bond donors (Lipinski definition) is 0. The van der Waals surface area contributed by atoms with Crippen molar-refractivity contribution in [3.63, 3.8) is 0 Å². The summed E-state index contributed by atoms with van der Waals surface area (Å²) in [5, 5.41) is 11.4. The van der Waals surface area contributed by atoms with Crippen molar-refractivity contribution in [3.05, 3.63) is 87.4 Å². The summed E-state index contributed by atoms with van der Waals surface area (Å²) >= 11 is 1.46. The highest BCUT2D eigenvalue weighted by Gasteiger charge is 2.22. The number of ketones is 1. The second-order valence-electron chi connectivity index (χ2n) is 8.06. The third kappa shape index (κ3) is 4.47. The zero-order valence-electron chi connectivity index (χ0n) is 18.6. The highest BCUT2D eigenvalue weighted by atomic mass is 32.1. The van der Waals surface area contributed by atoms with Crippen molar-refractivity contribution < 1.29 is 4.79 Å². The van der Waals surface area contributed by atoms with Crippen molar-refractivity contribution >= 4 is 28.9 Å². The smallest absolute Gasteiger partial charge is 0.178 e. The third-order valence-corrected chi connectivity index (χ3v) is 6.50. The molecular formula is C25H24N6OS. The first-order valence-corrected chi connectivity index (χ1v) is 11.8. The first-order chi connectivity index (χ1) is 16.1. The number of nitrogens with zero attached hydrogens (tertiary/aromatic N) is 6. The van der Waals surface area contributed by atoms with Crippen molar-refractivity contribution in [3.8, 4) is 5.82 Å². The lowest BCUT2D eigenvalue weighted by Crippen LogP contribution is -2.09. The molecule has 0 fully saturated rings. The number of pyridine rings is 1. The van der Waals surface area contributed by atoms with Gasteiger partial charge in [0.1, 0.15) is 0 Å². The van der Waals surface area contributed by atoms with Gasteiger partial charge in [0, 0.05) is 23.7 Å². The molecule has 166 valence electrons. The molecule has 0 spiro atoms. The van der Waals surface area contributed by atoms with Crippen molar-refractivity contribution in [2.24, 2.45) is 4.99 Å². The van der Waals surface area contributed by atoms with Crippen LogP contribution in [0, 0.1) is 13.8 Å². The van der Waals surface area contributed by atoms with E-state index in [4.69, 9.17) is 5.10 Å². The van der Waals surface area contributed by atoms with Crippen LogP contribution >= 0.6 is 11.3 Å². The lowest BCUT2D eigenvalue weighted by molar-refractivity contribution is 0.0996. The van der Waals surface area contributed by atoms with Crippen LogP contribution in [0.25, 0.3) is 11.4 Å². The van der Waals surface area contributed by atoms with E-state index < -0.39 is 0 Å². The first kappa shape index (κ1) is 21.2. The number of carbonyl (C=O) groups excluding carboxylic acids is 1. The molecule has 1 aliphatic rings. The standard InChI is InChI=1S/C25H24N6OS/c1-17-13-18(2)30(28-17)16-19-14-22(31(29-19)25-9-3-4-10-27-25)20-7-5-11-26-21(20)15-23(32)24-8-6-12-33-24/h3-4,6,8-14H,5,7,15-16H2,1-2H3. The largest absolute Gasteiger partial charge is 0.293 e. The van der Waals surface area contributed by atoms with Crippen LogP contribution in [0.2, 0.25) is 0 Å². The quantitative estimate of drug-likeness (QED) is 0.365. The molecule has 5 heterocycles. The normalized spacial score (nSPS) is 13.6. The van der Waals surface area contributed by atoms with Crippen molar-refractivity contribution in [1.29, 1.82) is 0 Å². The summed E-state index contributed by atoms with van der Waals surface area (Å²) in [6.45, 7) is 4.60. The summed E-state index contributed by atoms with van der Waals surface area (Å²) < 4.78 is 3.83. The summed E-state index contributed by atoms with van der Waals surface area (Å²) in [4.78, 5) is 22.8. The van der Waals surface area contributed by atoms with E-state index in [1.165, 1.54) is 11.3 Å². The van der Waals surface area contributed by atoms with Gasteiger partial charge in [0.15, 0.2) is 11.6 Å². The number of rotatable bonds is 7. The fourth-order valence-corrected chi connectivity index (χ4v) is 4.74. The Bertz CT molecular complexity index is 1340. The summed E-state index contributed by atoms with van der Waals surface area (Å²) in [5.41, 5.74) is 5.72. The van der Waals surface area contributed by atoms with Gasteiger partial charge >= 0.3 is 0 Å². The maximum atomic E-state index is 12.8. The molecule has 0 bridgehead atoms. The minimum atomic E-state index is 0.0864. The molecule has 7 nitrogen and oxygen atoms in total. The van der Waals surface area contributed by atoms with E-state index in [-0.39, 0.29) is 12.2 Å². The predicted octanol–water partition coefficient (Wildman–Crippen LogP) is 5.04. The zero-order valence-corrected chi connectivity index (χ0v) is 19.4. The molecule has 4 aromatic heterocycles. The molecule has 8 heteroatoms. The van der Waals surface area contributed by atoms with E-state index in [1.807, 2.05) is 65.1 Å². The molecule has 4 aromatic rings. The van der Waals surface area contributed by atoms with E-state index in [9.17, 15) is 4.79 Å². The van der Waals surface area contributed by atoms with Crippen molar-refractivity contribution in [2.75, 3.05) is 0 Å². The van der Waals surface area contributed by atoms with Crippen LogP contribution < -0.4 is 0 Å². The third-order valence-electron chi connectivity index (χ3n) is 5.59. The van der Waals surface area contributed by atoms with Crippen LogP contribution in [0.3, 0.4) is 0 Å². The lowest BCUT2D eigenvalue weighted by atomic mass is 9.98. The number of Topliss-reactive ketones (excluding diaryl/α,β-unsaturated/α-hetero) is 1. The second kappa shape index (κ2) is 9.07. The molecule has 33 heavy (non-hydrogen) atoms. The molecule has 0 saturated heterocycles. The van der Waals surface area contributed by atoms with Gasteiger partial charge in [0.25, 0.3) is 0 Å². The summed E-state index contributed by atoms with van der Waals surface area (Å²) in [5.74, 6) is 0.821. The Morgan fingerprint density at radius 2 is 2.03 bits per heavy atom. The maximum Gasteiger partial charge on any atom is 0.178 e. The Labute approximate surface area is 196 Å². The average molecular weight is 457 g/mol. The molecule has 0 N–H and O–H groups in total. The molecule has 1 aliphatic heterocycles. The first-order valence-electron chi connectivity index (χ1n) is 10.9. The van der Waals surface area contributed by atoms with Crippen molar-refractivity contribution in [1.82, 2.24) is 24.5 Å². The minimum absolute atomic E-state index is 0.0864. The van der Waals surface area contributed by atoms with Gasteiger partial charge in [0.05, 0.1) is 40.6 Å². The molecular weight excluding hydrogens is 432 g/mol. The van der Waals surface area contributed by atoms with Gasteiger partial charge in [0.2, 0.25) is 0 Å². The van der Waals surface area contributed by atoms with Gasteiger partial charge in [-0.3, -0.25) is 14.5 Å². The van der Waals surface area contributed by atoms with Crippen LogP contribution in [0.1, 0.15) is 51.7 Å². The Morgan fingerprint density at radius 3 is 2.76 bits per heavy atom. The van der Waals surface area contributed by atoms with Crippen LogP contribution in [-0.2, 0) is 6.54 Å². The molecule has 0 saturated carbocycles. The molecule has 0 aliphatic carbocycles. The summed E-state index contributed by atoms with van der Waals surface area (Å²) in [6.07, 6.45) is 5.56. The van der Waals surface area contributed by atoms with Crippen LogP contribution in [-0.4, -0.2) is 36.5 Å². The molecule has 0 aromatic carbocycles. The maximum absolute atomic E-state index is 12.8. The van der Waals surface area contributed by atoms with E-state index in [0.717, 1.165) is 57.6 Å². The molecule has 0 unspecified atom stereocenters. The van der Waals surface area contributed by atoms with E-state index in [2.05, 4.69) is 27.2 Å². The van der Waals surface area contributed by atoms with Gasteiger partial charge < -0.3 is 0 Å². The van der Waals surface area contributed by atoms with Crippen LogP contribution in [0.5, 0.6) is 0 Å². The fourth-order valence-electron chi connectivity index (χ4n) is 4.07.